The van der Waals surface area contributed by atoms with Gasteiger partial charge < -0.3 is 5.32 Å². The number of hydrogen-bond acceptors (Lipinski definition) is 2. The molecule has 1 fully saturated rings. The van der Waals surface area contributed by atoms with Crippen molar-refractivity contribution in [2.75, 3.05) is 11.9 Å². The van der Waals surface area contributed by atoms with Gasteiger partial charge in [-0.1, -0.05) is 37.4 Å². The fraction of sp³-hybridized carbons (Fsp3) is 0.500. The molecule has 1 heterocycles. The number of nitrogens with one attached hydrogen (secondary N) is 1. The number of benzene rings is 1. The van der Waals surface area contributed by atoms with Gasteiger partial charge in [-0.25, -0.2) is 0 Å². The highest BCUT2D eigenvalue weighted by molar-refractivity contribution is 6.36. The van der Waals surface area contributed by atoms with E-state index in [4.69, 9.17) is 16.6 Å². The van der Waals surface area contributed by atoms with Crippen molar-refractivity contribution < 1.29 is 0 Å². The second-order valence-corrected chi connectivity index (χ2v) is 6.50. The lowest BCUT2D eigenvalue weighted by Gasteiger charge is -2.16. The van der Waals surface area contributed by atoms with Crippen LogP contribution in [-0.2, 0) is 0 Å². The van der Waals surface area contributed by atoms with Crippen LogP contribution in [0.25, 0.3) is 10.9 Å². The van der Waals surface area contributed by atoms with Gasteiger partial charge in [-0.05, 0) is 43.9 Å². The van der Waals surface area contributed by atoms with Crippen molar-refractivity contribution in [3.63, 3.8) is 0 Å². The highest BCUT2D eigenvalue weighted by Crippen LogP contribution is 2.38. The maximum absolute atomic E-state index is 6.45. The topological polar surface area (TPSA) is 24.9 Å². The summed E-state index contributed by atoms with van der Waals surface area (Å²) in [6.07, 6.45) is 6.30. The van der Waals surface area contributed by atoms with Gasteiger partial charge >= 0.3 is 0 Å². The summed E-state index contributed by atoms with van der Waals surface area (Å²) in [5, 5.41) is 5.41. The van der Waals surface area contributed by atoms with Crippen LogP contribution in [0.15, 0.2) is 18.2 Å². The molecule has 0 spiro atoms. The van der Waals surface area contributed by atoms with E-state index in [-0.39, 0.29) is 0 Å². The number of nitrogens with zero attached hydrogens (tertiary/aromatic N) is 1. The Labute approximate surface area is 131 Å². The van der Waals surface area contributed by atoms with Gasteiger partial charge in [-0.2, -0.15) is 0 Å². The fourth-order valence-electron chi connectivity index (χ4n) is 3.28. The first kappa shape index (κ1) is 14.6. The maximum Gasteiger partial charge on any atom is 0.0770 e. The van der Waals surface area contributed by atoms with E-state index in [9.17, 15) is 0 Å². The van der Waals surface area contributed by atoms with Crippen molar-refractivity contribution in [3.05, 3.63) is 34.5 Å². The van der Waals surface area contributed by atoms with Crippen LogP contribution < -0.4 is 5.32 Å². The Morgan fingerprint density at radius 3 is 2.76 bits per heavy atom. The van der Waals surface area contributed by atoms with E-state index in [1.165, 1.54) is 36.9 Å². The first-order valence-electron chi connectivity index (χ1n) is 8.04. The first-order valence-corrected chi connectivity index (χ1v) is 8.42. The van der Waals surface area contributed by atoms with Gasteiger partial charge in [0.2, 0.25) is 0 Å². The molecule has 0 amide bonds. The average molecular weight is 303 g/mol. The van der Waals surface area contributed by atoms with Crippen LogP contribution in [0.4, 0.5) is 5.69 Å². The standard InChI is InChI=1S/C18H23ClN2/c1-3-10-20-16-11-15(13-6-4-5-7-13)21-18-12(2)8-9-14(19)17(16)18/h8-9,11,13H,3-7,10H2,1-2H3,(H,20,21). The molecule has 0 aliphatic heterocycles. The highest BCUT2D eigenvalue weighted by atomic mass is 35.5. The van der Waals surface area contributed by atoms with E-state index >= 15 is 0 Å². The molecule has 0 bridgehead atoms. The van der Waals surface area contributed by atoms with E-state index in [0.717, 1.165) is 34.6 Å². The molecule has 21 heavy (non-hydrogen) atoms. The normalized spacial score (nSPS) is 15.8. The zero-order valence-electron chi connectivity index (χ0n) is 12.9. The predicted octanol–water partition coefficient (Wildman–Crippen LogP) is 5.68. The molecule has 0 unspecified atom stereocenters. The van der Waals surface area contributed by atoms with Crippen molar-refractivity contribution in [1.29, 1.82) is 0 Å². The lowest BCUT2D eigenvalue weighted by atomic mass is 10.00. The Morgan fingerprint density at radius 1 is 1.29 bits per heavy atom. The zero-order chi connectivity index (χ0) is 14.8. The van der Waals surface area contributed by atoms with E-state index in [0.29, 0.717) is 5.92 Å². The summed E-state index contributed by atoms with van der Waals surface area (Å²) < 4.78 is 0. The van der Waals surface area contributed by atoms with Gasteiger partial charge in [0.25, 0.3) is 0 Å². The minimum Gasteiger partial charge on any atom is -0.384 e. The third kappa shape index (κ3) is 2.87. The molecule has 1 saturated carbocycles. The molecule has 0 saturated heterocycles. The molecule has 1 aromatic heterocycles. The van der Waals surface area contributed by atoms with Gasteiger partial charge in [0.15, 0.2) is 0 Å². The van der Waals surface area contributed by atoms with Crippen molar-refractivity contribution >= 4 is 28.2 Å². The summed E-state index contributed by atoms with van der Waals surface area (Å²) in [6.45, 7) is 5.27. The Balaban J connectivity index is 2.16. The van der Waals surface area contributed by atoms with E-state index in [1.807, 2.05) is 6.07 Å². The molecule has 1 aliphatic rings. The largest absolute Gasteiger partial charge is 0.384 e. The molecule has 3 rings (SSSR count). The van der Waals surface area contributed by atoms with Crippen LogP contribution >= 0.6 is 11.6 Å². The minimum atomic E-state index is 0.620. The second-order valence-electron chi connectivity index (χ2n) is 6.09. The molecule has 112 valence electrons. The number of aromatic nitrogens is 1. The Hall–Kier alpha value is -1.28. The molecule has 0 atom stereocenters. The van der Waals surface area contributed by atoms with Crippen molar-refractivity contribution in [2.45, 2.75) is 51.9 Å². The average Bonchev–Trinajstić information content (AvgIpc) is 3.02. The Kier molecular flexibility index (Phi) is 4.34. The molecule has 2 nitrogen and oxygen atoms in total. The molecule has 2 aromatic rings. The number of pyridine rings is 1. The van der Waals surface area contributed by atoms with Gasteiger partial charge in [0, 0.05) is 29.2 Å². The molecule has 1 N–H and O–H groups in total. The van der Waals surface area contributed by atoms with Crippen LogP contribution in [0.5, 0.6) is 0 Å². The summed E-state index contributed by atoms with van der Waals surface area (Å²) in [7, 11) is 0. The molecular weight excluding hydrogens is 280 g/mol. The number of aryl methyl sites for hydroxylation is 1. The third-order valence-electron chi connectivity index (χ3n) is 4.47. The molecule has 1 aromatic carbocycles. The van der Waals surface area contributed by atoms with E-state index in [1.54, 1.807) is 0 Å². The van der Waals surface area contributed by atoms with Gasteiger partial charge in [0.05, 0.1) is 10.5 Å². The summed E-state index contributed by atoms with van der Waals surface area (Å²) in [5.74, 6) is 0.620. The molecule has 3 heteroatoms. The number of halogens is 1. The van der Waals surface area contributed by atoms with Crippen molar-refractivity contribution in [3.8, 4) is 0 Å². The lowest BCUT2D eigenvalue weighted by Crippen LogP contribution is -2.05. The third-order valence-corrected chi connectivity index (χ3v) is 4.79. The van der Waals surface area contributed by atoms with Crippen LogP contribution in [0, 0.1) is 6.92 Å². The molecule has 0 radical (unpaired) electrons. The molecular formula is C18H23ClN2. The Bertz CT molecular complexity index is 645. The minimum absolute atomic E-state index is 0.620. The maximum atomic E-state index is 6.45. The zero-order valence-corrected chi connectivity index (χ0v) is 13.6. The number of anilines is 1. The molecule has 1 aliphatic carbocycles. The van der Waals surface area contributed by atoms with Crippen LogP contribution in [0.3, 0.4) is 0 Å². The number of fused-ring (bicyclic) bond motifs is 1. The Morgan fingerprint density at radius 2 is 2.05 bits per heavy atom. The second kappa shape index (κ2) is 6.23. The van der Waals surface area contributed by atoms with Crippen molar-refractivity contribution in [1.82, 2.24) is 4.98 Å². The summed E-state index contributed by atoms with van der Waals surface area (Å²) >= 11 is 6.45. The quantitative estimate of drug-likeness (QED) is 0.786. The summed E-state index contributed by atoms with van der Waals surface area (Å²) in [4.78, 5) is 4.96. The van der Waals surface area contributed by atoms with Crippen LogP contribution in [0.2, 0.25) is 5.02 Å². The van der Waals surface area contributed by atoms with Crippen LogP contribution in [0.1, 0.15) is 56.2 Å². The van der Waals surface area contributed by atoms with Gasteiger partial charge in [-0.3, -0.25) is 4.98 Å². The van der Waals surface area contributed by atoms with Gasteiger partial charge in [0.1, 0.15) is 0 Å². The monoisotopic (exact) mass is 302 g/mol. The fourth-order valence-corrected chi connectivity index (χ4v) is 3.54. The summed E-state index contributed by atoms with van der Waals surface area (Å²) in [5.41, 5.74) is 4.65. The number of rotatable bonds is 4. The lowest BCUT2D eigenvalue weighted by molar-refractivity contribution is 0.701. The van der Waals surface area contributed by atoms with Crippen molar-refractivity contribution in [2.24, 2.45) is 0 Å². The SMILES string of the molecule is CCCNc1cc(C2CCCC2)nc2c(C)ccc(Cl)c12. The van der Waals surface area contributed by atoms with Crippen LogP contribution in [-0.4, -0.2) is 11.5 Å². The van der Waals surface area contributed by atoms with E-state index < -0.39 is 0 Å². The van der Waals surface area contributed by atoms with E-state index in [2.05, 4.69) is 31.3 Å². The van der Waals surface area contributed by atoms with Gasteiger partial charge in [-0.15, -0.1) is 0 Å². The predicted molar refractivity (Wildman–Crippen MR) is 91.5 cm³/mol. The number of hydrogen-bond donors (Lipinski definition) is 1. The first-order chi connectivity index (χ1) is 10.2. The summed E-state index contributed by atoms with van der Waals surface area (Å²) in [6, 6.07) is 6.28. The smallest absolute Gasteiger partial charge is 0.0770 e. The highest BCUT2D eigenvalue weighted by Gasteiger charge is 2.21.